The molecule has 0 spiro atoms. The van der Waals surface area contributed by atoms with Crippen molar-refractivity contribution < 1.29 is 13.9 Å². The average Bonchev–Trinajstić information content (AvgIpc) is 1.92. The number of halogens is 2. The number of benzene rings is 1. The Kier molecular flexibility index (Phi) is 2.12. The number of nitrogens with two attached hydrogens (primary N) is 1. The summed E-state index contributed by atoms with van der Waals surface area (Å²) in [5, 5.41) is 9.17. The zero-order valence-electron chi connectivity index (χ0n) is 6.51. The van der Waals surface area contributed by atoms with E-state index in [9.17, 15) is 8.78 Å². The number of rotatable bonds is 1. The molecule has 0 aliphatic carbocycles. The lowest BCUT2D eigenvalue weighted by molar-refractivity contribution is 0.0604. The highest BCUT2D eigenvalue weighted by molar-refractivity contribution is 5.23. The van der Waals surface area contributed by atoms with Gasteiger partial charge >= 0.3 is 0 Å². The molecule has 12 heavy (non-hydrogen) atoms. The fourth-order valence-corrected chi connectivity index (χ4v) is 0.885. The normalized spacial score (nSPS) is 15.8. The van der Waals surface area contributed by atoms with E-state index in [1.807, 2.05) is 0 Å². The third kappa shape index (κ3) is 1.78. The van der Waals surface area contributed by atoms with Crippen molar-refractivity contribution in [3.63, 3.8) is 0 Å². The summed E-state index contributed by atoms with van der Waals surface area (Å²) in [6.07, 6.45) is 0. The summed E-state index contributed by atoms with van der Waals surface area (Å²) in [5.74, 6) is -1.35. The molecule has 1 rings (SSSR count). The van der Waals surface area contributed by atoms with E-state index in [2.05, 4.69) is 0 Å². The van der Waals surface area contributed by atoms with E-state index < -0.39 is 17.4 Å². The van der Waals surface area contributed by atoms with E-state index >= 15 is 0 Å². The second-order valence-electron chi connectivity index (χ2n) is 2.77. The number of hydrogen-bond donors (Lipinski definition) is 2. The molecule has 1 atom stereocenters. The van der Waals surface area contributed by atoms with Crippen molar-refractivity contribution in [1.82, 2.24) is 0 Å². The molecular formula is C8H9F2NO. The molecule has 0 unspecified atom stereocenters. The van der Waals surface area contributed by atoms with Gasteiger partial charge in [0, 0.05) is 5.56 Å². The van der Waals surface area contributed by atoms with Crippen LogP contribution in [0, 0.1) is 11.6 Å². The van der Waals surface area contributed by atoms with Crippen LogP contribution in [0.4, 0.5) is 8.78 Å². The molecule has 1 aromatic carbocycles. The minimum absolute atomic E-state index is 0.248. The van der Waals surface area contributed by atoms with Crippen LogP contribution in [0.5, 0.6) is 0 Å². The largest absolute Gasteiger partial charge is 0.372 e. The molecule has 0 radical (unpaired) electrons. The van der Waals surface area contributed by atoms with Crippen LogP contribution in [0.15, 0.2) is 18.2 Å². The van der Waals surface area contributed by atoms with Gasteiger partial charge in [0.05, 0.1) is 0 Å². The van der Waals surface area contributed by atoms with Gasteiger partial charge in [-0.05, 0) is 25.1 Å². The first kappa shape index (κ1) is 9.09. The molecule has 4 heteroatoms. The summed E-state index contributed by atoms with van der Waals surface area (Å²) in [5.41, 5.74) is 3.09. The van der Waals surface area contributed by atoms with Gasteiger partial charge in [-0.1, -0.05) is 0 Å². The molecule has 2 nitrogen and oxygen atoms in total. The van der Waals surface area contributed by atoms with Crippen molar-refractivity contribution in [3.05, 3.63) is 35.4 Å². The van der Waals surface area contributed by atoms with Crippen LogP contribution in [0.1, 0.15) is 12.5 Å². The lowest BCUT2D eigenvalue weighted by Crippen LogP contribution is -2.33. The van der Waals surface area contributed by atoms with E-state index in [-0.39, 0.29) is 5.56 Å². The second kappa shape index (κ2) is 2.80. The SMILES string of the molecule is C[C@](N)(O)c1cc(F)ccc1F. The Morgan fingerprint density at radius 1 is 1.42 bits per heavy atom. The monoisotopic (exact) mass is 173 g/mol. The first-order valence-corrected chi connectivity index (χ1v) is 3.38. The molecular weight excluding hydrogens is 164 g/mol. The molecule has 66 valence electrons. The molecule has 0 bridgehead atoms. The molecule has 0 heterocycles. The Bertz CT molecular complexity index is 294. The van der Waals surface area contributed by atoms with Gasteiger partial charge in [0.1, 0.15) is 17.4 Å². The van der Waals surface area contributed by atoms with Crippen LogP contribution in [0.2, 0.25) is 0 Å². The Morgan fingerprint density at radius 2 is 2.00 bits per heavy atom. The highest BCUT2D eigenvalue weighted by atomic mass is 19.1. The summed E-state index contributed by atoms with van der Waals surface area (Å²) in [4.78, 5) is 0. The van der Waals surface area contributed by atoms with Gasteiger partial charge < -0.3 is 5.11 Å². The molecule has 0 saturated heterocycles. The van der Waals surface area contributed by atoms with Gasteiger partial charge in [-0.3, -0.25) is 5.73 Å². The maximum atomic E-state index is 12.9. The van der Waals surface area contributed by atoms with E-state index in [4.69, 9.17) is 10.8 Å². The Hall–Kier alpha value is -1.00. The van der Waals surface area contributed by atoms with E-state index in [0.29, 0.717) is 0 Å². The lowest BCUT2D eigenvalue weighted by Gasteiger charge is -2.18. The van der Waals surface area contributed by atoms with Crippen molar-refractivity contribution in [2.75, 3.05) is 0 Å². The highest BCUT2D eigenvalue weighted by Gasteiger charge is 2.21. The van der Waals surface area contributed by atoms with Gasteiger partial charge in [0.2, 0.25) is 0 Å². The predicted molar refractivity (Wildman–Crippen MR) is 40.1 cm³/mol. The number of hydrogen-bond acceptors (Lipinski definition) is 2. The molecule has 1 aromatic rings. The van der Waals surface area contributed by atoms with Crippen LogP contribution in [-0.2, 0) is 5.72 Å². The van der Waals surface area contributed by atoms with Crippen molar-refractivity contribution in [1.29, 1.82) is 0 Å². The second-order valence-corrected chi connectivity index (χ2v) is 2.77. The smallest absolute Gasteiger partial charge is 0.139 e. The van der Waals surface area contributed by atoms with Crippen LogP contribution < -0.4 is 5.73 Å². The van der Waals surface area contributed by atoms with Crippen LogP contribution in [0.3, 0.4) is 0 Å². The molecule has 0 saturated carbocycles. The molecule has 0 aromatic heterocycles. The molecule has 3 N–H and O–H groups in total. The third-order valence-corrected chi connectivity index (χ3v) is 1.47. The van der Waals surface area contributed by atoms with Gasteiger partial charge in [-0.2, -0.15) is 0 Å². The van der Waals surface area contributed by atoms with Crippen LogP contribution in [0.25, 0.3) is 0 Å². The molecule has 0 fully saturated rings. The van der Waals surface area contributed by atoms with Gasteiger partial charge in [-0.15, -0.1) is 0 Å². The fourth-order valence-electron chi connectivity index (χ4n) is 0.885. The third-order valence-electron chi connectivity index (χ3n) is 1.47. The van der Waals surface area contributed by atoms with E-state index in [0.717, 1.165) is 18.2 Å². The summed E-state index contributed by atoms with van der Waals surface area (Å²) < 4.78 is 25.4. The quantitative estimate of drug-likeness (QED) is 0.624. The molecule has 0 aliphatic rings. The Labute approximate surface area is 68.6 Å². The summed E-state index contributed by atoms with van der Waals surface area (Å²) >= 11 is 0. The fraction of sp³-hybridized carbons (Fsp3) is 0.250. The first-order valence-electron chi connectivity index (χ1n) is 3.38. The molecule has 0 aliphatic heterocycles. The number of aliphatic hydroxyl groups is 1. The van der Waals surface area contributed by atoms with Crippen molar-refractivity contribution in [2.45, 2.75) is 12.6 Å². The van der Waals surface area contributed by atoms with Gasteiger partial charge in [-0.25, -0.2) is 8.78 Å². The maximum absolute atomic E-state index is 12.9. The van der Waals surface area contributed by atoms with Crippen molar-refractivity contribution in [3.8, 4) is 0 Å². The highest BCUT2D eigenvalue weighted by Crippen LogP contribution is 2.18. The topological polar surface area (TPSA) is 46.2 Å². The lowest BCUT2D eigenvalue weighted by atomic mass is 10.1. The molecule has 0 amide bonds. The zero-order chi connectivity index (χ0) is 9.35. The predicted octanol–water partition coefficient (Wildman–Crippen LogP) is 1.09. The Morgan fingerprint density at radius 3 is 2.42 bits per heavy atom. The Balaban J connectivity index is 3.23. The van der Waals surface area contributed by atoms with E-state index in [1.165, 1.54) is 6.92 Å². The van der Waals surface area contributed by atoms with Gasteiger partial charge in [0.25, 0.3) is 0 Å². The first-order chi connectivity index (χ1) is 5.41. The standard InChI is InChI=1S/C8H9F2NO/c1-8(11,12)6-4-5(9)2-3-7(6)10/h2-4,12H,11H2,1H3/t8-/m0/s1. The average molecular weight is 173 g/mol. The van der Waals surface area contributed by atoms with E-state index in [1.54, 1.807) is 0 Å². The minimum atomic E-state index is -1.84. The zero-order valence-corrected chi connectivity index (χ0v) is 6.51. The van der Waals surface area contributed by atoms with Gasteiger partial charge in [0.15, 0.2) is 0 Å². The summed E-state index contributed by atoms with van der Waals surface area (Å²) in [7, 11) is 0. The van der Waals surface area contributed by atoms with Crippen molar-refractivity contribution >= 4 is 0 Å². The minimum Gasteiger partial charge on any atom is -0.372 e. The van der Waals surface area contributed by atoms with Crippen LogP contribution in [-0.4, -0.2) is 5.11 Å². The van der Waals surface area contributed by atoms with Crippen molar-refractivity contribution in [2.24, 2.45) is 5.73 Å². The maximum Gasteiger partial charge on any atom is 0.139 e. The summed E-state index contributed by atoms with van der Waals surface area (Å²) in [6, 6.07) is 2.76. The summed E-state index contributed by atoms with van der Waals surface area (Å²) in [6.45, 7) is 1.19. The van der Waals surface area contributed by atoms with Crippen LogP contribution >= 0.6 is 0 Å².